The number of carboxylic acid groups (broad SMARTS) is 3. The van der Waals surface area contributed by atoms with Crippen molar-refractivity contribution >= 4 is 29.6 Å². The van der Waals surface area contributed by atoms with E-state index in [0.29, 0.717) is 49.2 Å². The van der Waals surface area contributed by atoms with Gasteiger partial charge in [-0.1, -0.05) is 63.3 Å². The molecule has 0 fully saturated rings. The number of hydrogen-bond acceptors (Lipinski definition) is 8. The number of ether oxygens (including phenoxy) is 2. The van der Waals surface area contributed by atoms with E-state index >= 15 is 0 Å². The lowest BCUT2D eigenvalue weighted by Gasteiger charge is -2.29. The third kappa shape index (κ3) is 13.6. The number of rotatable bonds is 10. The van der Waals surface area contributed by atoms with Crippen molar-refractivity contribution in [3.8, 4) is 5.75 Å². The second-order valence-corrected chi connectivity index (χ2v) is 12.0. The molecule has 2 heterocycles. The zero-order chi connectivity index (χ0) is 34.8. The summed E-state index contributed by atoms with van der Waals surface area (Å²) in [6.07, 6.45) is 10.5. The average Bonchev–Trinajstić information content (AvgIpc) is 3.01. The maximum Gasteiger partial charge on any atom is 0.337 e. The Morgan fingerprint density at radius 2 is 1.68 bits per heavy atom. The summed E-state index contributed by atoms with van der Waals surface area (Å²) in [6, 6.07) is 4.98. The molecule has 0 saturated heterocycles. The maximum absolute atomic E-state index is 13.3. The number of allylic oxidation sites excluding steroid dienone is 2. The fourth-order valence-electron chi connectivity index (χ4n) is 5.31. The molecule has 0 spiro atoms. The Balaban J connectivity index is 2.33. The van der Waals surface area contributed by atoms with Crippen LogP contribution in [0.4, 0.5) is 0 Å². The Morgan fingerprint density at radius 1 is 0.979 bits per heavy atom. The van der Waals surface area contributed by atoms with Crippen LogP contribution >= 0.6 is 0 Å². The van der Waals surface area contributed by atoms with Crippen molar-refractivity contribution in [1.82, 2.24) is 5.32 Å². The SMILES string of the molecule is CCCCCCC1O/C(C)=C/COc2ccc(cc2)C[C@@H](C(=O)O)NC(=O)[C@H]([C@@](O)(CC(=O)O)C(=O)O)/C=C/CCCCCCC1=O. The first-order valence-electron chi connectivity index (χ1n) is 16.3. The quantitative estimate of drug-likeness (QED) is 0.171. The van der Waals surface area contributed by atoms with Gasteiger partial charge in [-0.2, -0.15) is 0 Å². The Labute approximate surface area is 275 Å². The second kappa shape index (κ2) is 20.1. The molecule has 1 unspecified atom stereocenters. The zero-order valence-corrected chi connectivity index (χ0v) is 27.3. The van der Waals surface area contributed by atoms with Gasteiger partial charge in [0.05, 0.1) is 18.1 Å². The standard InChI is InChI=1S/C35H49NO11/c1-3-4-5-12-15-30-29(37)14-11-9-7-6-8-10-13-27(35(45,34(43)44)23-31(38)39)32(40)36-28(33(41)42)22-25-16-18-26(19-17-25)46-21-20-24(2)47-30/h10,13,16-20,27-28,30,45H,3-9,11-12,14-15,21-23H2,1-2H3,(H,36,40)(H,38,39)(H,41,42)(H,43,44)/b13-10+,24-20+/t27-,28+,30?,35+/m1/s1. The fourth-order valence-corrected chi connectivity index (χ4v) is 5.31. The molecule has 0 aromatic heterocycles. The number of nitrogens with one attached hydrogen (secondary N) is 1. The van der Waals surface area contributed by atoms with E-state index in [4.69, 9.17) is 9.47 Å². The molecule has 12 nitrogen and oxygen atoms in total. The predicted octanol–water partition coefficient (Wildman–Crippen LogP) is 4.82. The second-order valence-electron chi connectivity index (χ2n) is 12.0. The molecule has 12 heteroatoms. The molecule has 1 aromatic carbocycles. The smallest absolute Gasteiger partial charge is 0.337 e. The highest BCUT2D eigenvalue weighted by Crippen LogP contribution is 2.26. The molecule has 2 aliphatic heterocycles. The van der Waals surface area contributed by atoms with Crippen molar-refractivity contribution in [2.24, 2.45) is 5.92 Å². The van der Waals surface area contributed by atoms with Crippen molar-refractivity contribution in [3.63, 3.8) is 0 Å². The highest BCUT2D eigenvalue weighted by Gasteiger charge is 2.49. The largest absolute Gasteiger partial charge is 0.489 e. The number of aliphatic carboxylic acids is 3. The predicted molar refractivity (Wildman–Crippen MR) is 173 cm³/mol. The van der Waals surface area contributed by atoms with Gasteiger partial charge in [0.25, 0.3) is 0 Å². The molecule has 5 N–H and O–H groups in total. The third-order valence-electron chi connectivity index (χ3n) is 8.07. The number of carbonyl (C=O) groups excluding carboxylic acids is 2. The van der Waals surface area contributed by atoms with Gasteiger partial charge < -0.3 is 35.2 Å². The number of carboxylic acids is 3. The number of fused-ring (bicyclic) bond motifs is 19. The number of ketones is 1. The van der Waals surface area contributed by atoms with Crippen LogP contribution in [0.5, 0.6) is 5.75 Å². The Kier molecular flexibility index (Phi) is 16.7. The highest BCUT2D eigenvalue weighted by molar-refractivity contribution is 5.94. The van der Waals surface area contributed by atoms with E-state index in [0.717, 1.165) is 44.6 Å². The van der Waals surface area contributed by atoms with Crippen molar-refractivity contribution in [3.05, 3.63) is 53.8 Å². The molecule has 2 bridgehead atoms. The van der Waals surface area contributed by atoms with Gasteiger partial charge in [-0.05, 0) is 62.8 Å². The van der Waals surface area contributed by atoms with Gasteiger partial charge in [0.1, 0.15) is 18.4 Å². The molecule has 1 aromatic rings. The van der Waals surface area contributed by atoms with E-state index in [1.54, 1.807) is 37.3 Å². The number of aliphatic hydroxyl groups is 1. The average molecular weight is 660 g/mol. The maximum atomic E-state index is 13.3. The van der Waals surface area contributed by atoms with Crippen LogP contribution in [-0.4, -0.2) is 74.4 Å². The summed E-state index contributed by atoms with van der Waals surface area (Å²) in [6.45, 7) is 4.09. The molecule has 1 amide bonds. The Morgan fingerprint density at radius 3 is 2.32 bits per heavy atom. The summed E-state index contributed by atoms with van der Waals surface area (Å²) in [5.41, 5.74) is -2.51. The van der Waals surface area contributed by atoms with Crippen LogP contribution in [0.3, 0.4) is 0 Å². The number of amides is 1. The van der Waals surface area contributed by atoms with Crippen LogP contribution in [0.15, 0.2) is 48.3 Å². The first-order valence-corrected chi connectivity index (χ1v) is 16.3. The normalized spacial score (nSPS) is 23.8. The summed E-state index contributed by atoms with van der Waals surface area (Å²) in [5.74, 6) is -6.88. The van der Waals surface area contributed by atoms with Crippen LogP contribution < -0.4 is 10.1 Å². The van der Waals surface area contributed by atoms with Crippen LogP contribution in [0, 0.1) is 5.92 Å². The first-order chi connectivity index (χ1) is 22.4. The van der Waals surface area contributed by atoms with Crippen molar-refractivity contribution in [2.45, 2.75) is 115 Å². The van der Waals surface area contributed by atoms with Gasteiger partial charge >= 0.3 is 17.9 Å². The van der Waals surface area contributed by atoms with Gasteiger partial charge in [-0.3, -0.25) is 14.4 Å². The van der Waals surface area contributed by atoms with Crippen LogP contribution in [0.25, 0.3) is 0 Å². The van der Waals surface area contributed by atoms with Crippen molar-refractivity contribution in [1.29, 1.82) is 0 Å². The molecule has 2 aliphatic rings. The minimum Gasteiger partial charge on any atom is -0.489 e. The van der Waals surface area contributed by atoms with Crippen molar-refractivity contribution < 1.29 is 53.9 Å². The molecule has 4 atom stereocenters. The number of hydrogen-bond donors (Lipinski definition) is 5. The summed E-state index contributed by atoms with van der Waals surface area (Å²) >= 11 is 0. The summed E-state index contributed by atoms with van der Waals surface area (Å²) in [5, 5.41) is 42.1. The van der Waals surface area contributed by atoms with E-state index < -0.39 is 53.9 Å². The van der Waals surface area contributed by atoms with Gasteiger partial charge in [0, 0.05) is 12.8 Å². The Bertz CT molecular complexity index is 1260. The van der Waals surface area contributed by atoms with Gasteiger partial charge in [0.15, 0.2) is 17.5 Å². The first kappa shape index (κ1) is 39.0. The van der Waals surface area contributed by atoms with E-state index in [1.807, 2.05) is 0 Å². The molecular weight excluding hydrogens is 610 g/mol. The van der Waals surface area contributed by atoms with E-state index in [9.17, 15) is 44.4 Å². The monoisotopic (exact) mass is 659 g/mol. The highest BCUT2D eigenvalue weighted by atomic mass is 16.5. The summed E-state index contributed by atoms with van der Waals surface area (Å²) < 4.78 is 11.8. The molecular formula is C35H49NO11. The van der Waals surface area contributed by atoms with Crippen LogP contribution in [-0.2, 0) is 35.1 Å². The number of carbonyl (C=O) groups is 5. The lowest BCUT2D eigenvalue weighted by molar-refractivity contribution is -0.172. The summed E-state index contributed by atoms with van der Waals surface area (Å²) in [7, 11) is 0. The molecule has 0 saturated carbocycles. The zero-order valence-electron chi connectivity index (χ0n) is 27.3. The third-order valence-corrected chi connectivity index (χ3v) is 8.07. The van der Waals surface area contributed by atoms with E-state index in [1.165, 1.54) is 6.08 Å². The molecule has 47 heavy (non-hydrogen) atoms. The minimum absolute atomic E-state index is 0.0417. The fraction of sp³-hybridized carbons (Fsp3) is 0.571. The lowest BCUT2D eigenvalue weighted by Crippen LogP contribution is -2.55. The van der Waals surface area contributed by atoms with E-state index in [-0.39, 0.29) is 18.8 Å². The van der Waals surface area contributed by atoms with Crippen LogP contribution in [0.2, 0.25) is 0 Å². The molecule has 0 aliphatic carbocycles. The number of Topliss-reactive ketones (excluding diaryl/α,β-unsaturated/α-hetero) is 1. The lowest BCUT2D eigenvalue weighted by atomic mass is 9.82. The topological polar surface area (TPSA) is 197 Å². The Hall–Kier alpha value is -4.19. The molecule has 0 radical (unpaired) electrons. The van der Waals surface area contributed by atoms with Gasteiger partial charge in [0.2, 0.25) is 5.91 Å². The van der Waals surface area contributed by atoms with Gasteiger partial charge in [-0.15, -0.1) is 0 Å². The van der Waals surface area contributed by atoms with E-state index in [2.05, 4.69) is 12.2 Å². The van der Waals surface area contributed by atoms with Gasteiger partial charge in [-0.25, -0.2) is 9.59 Å². The molecule has 3 rings (SSSR count). The summed E-state index contributed by atoms with van der Waals surface area (Å²) in [4.78, 5) is 62.0. The number of benzene rings is 1. The van der Waals surface area contributed by atoms with Crippen LogP contribution in [0.1, 0.15) is 96.5 Å². The molecule has 260 valence electrons. The van der Waals surface area contributed by atoms with Crippen molar-refractivity contribution in [2.75, 3.05) is 6.61 Å². The number of unbranched alkanes of at least 4 members (excludes halogenated alkanes) is 3. The minimum atomic E-state index is -3.03.